The molecule has 0 radical (unpaired) electrons. The molecule has 0 saturated heterocycles. The summed E-state index contributed by atoms with van der Waals surface area (Å²) in [6.07, 6.45) is 0.531. The molecule has 0 saturated carbocycles. The summed E-state index contributed by atoms with van der Waals surface area (Å²) in [6.45, 7) is 0.350. The van der Waals surface area contributed by atoms with Crippen molar-refractivity contribution < 1.29 is 18.7 Å². The van der Waals surface area contributed by atoms with Crippen molar-refractivity contribution in [2.75, 3.05) is 20.8 Å². The van der Waals surface area contributed by atoms with Gasteiger partial charge < -0.3 is 18.8 Å². The molecule has 6 nitrogen and oxygen atoms in total. The molecule has 0 fully saturated rings. The Hall–Kier alpha value is -3.48. The van der Waals surface area contributed by atoms with Gasteiger partial charge in [0.1, 0.15) is 5.58 Å². The number of halogens is 2. The van der Waals surface area contributed by atoms with E-state index in [9.17, 15) is 9.59 Å². The van der Waals surface area contributed by atoms with Crippen LogP contribution in [0.15, 0.2) is 69.9 Å². The maximum atomic E-state index is 13.6. The van der Waals surface area contributed by atoms with Crippen LogP contribution < -0.4 is 14.9 Å². The minimum atomic E-state index is -0.616. The molecule has 2 heterocycles. The first kappa shape index (κ1) is 23.3. The lowest BCUT2D eigenvalue weighted by atomic mass is 9.98. The molecule has 8 heteroatoms. The monoisotopic (exact) mass is 509 g/mol. The second-order valence-electron chi connectivity index (χ2n) is 8.21. The number of rotatable bonds is 6. The van der Waals surface area contributed by atoms with Gasteiger partial charge in [0.2, 0.25) is 5.76 Å². The number of carbonyl (C=O) groups excluding carboxylic acids is 1. The number of amides is 1. The van der Waals surface area contributed by atoms with Crippen molar-refractivity contribution >= 4 is 40.1 Å². The summed E-state index contributed by atoms with van der Waals surface area (Å²) in [5.74, 6) is 0.946. The largest absolute Gasteiger partial charge is 0.493 e. The molecule has 1 aromatic heterocycles. The Morgan fingerprint density at radius 3 is 2.31 bits per heavy atom. The lowest BCUT2D eigenvalue weighted by Crippen LogP contribution is -2.31. The molecule has 1 aliphatic rings. The van der Waals surface area contributed by atoms with Gasteiger partial charge in [-0.25, -0.2) is 0 Å². The molecule has 5 rings (SSSR count). The van der Waals surface area contributed by atoms with Crippen molar-refractivity contribution in [2.24, 2.45) is 0 Å². The predicted molar refractivity (Wildman–Crippen MR) is 135 cm³/mol. The molecule has 3 aromatic carbocycles. The fourth-order valence-corrected chi connectivity index (χ4v) is 4.80. The fourth-order valence-electron chi connectivity index (χ4n) is 4.50. The number of ether oxygens (including phenoxy) is 2. The number of hydrogen-bond acceptors (Lipinski definition) is 5. The third-order valence-corrected chi connectivity index (χ3v) is 6.69. The first-order chi connectivity index (χ1) is 16.9. The zero-order chi connectivity index (χ0) is 24.7. The van der Waals surface area contributed by atoms with Crippen LogP contribution >= 0.6 is 23.2 Å². The first-order valence-corrected chi connectivity index (χ1v) is 11.7. The van der Waals surface area contributed by atoms with E-state index in [2.05, 4.69) is 0 Å². The number of benzene rings is 3. The maximum Gasteiger partial charge on any atom is 0.290 e. The van der Waals surface area contributed by atoms with Gasteiger partial charge in [-0.15, -0.1) is 0 Å². The highest BCUT2D eigenvalue weighted by atomic mass is 35.5. The SMILES string of the molecule is COc1ccc(CCN2C(=O)c3oc4ccc(Cl)cc4c(=O)c3C2c2ccc(Cl)cc2)cc1OC. The first-order valence-electron chi connectivity index (χ1n) is 10.9. The molecule has 4 aromatic rings. The van der Waals surface area contributed by atoms with Gasteiger partial charge in [0.05, 0.1) is 31.2 Å². The number of methoxy groups -OCH3 is 2. The molecule has 35 heavy (non-hydrogen) atoms. The van der Waals surface area contributed by atoms with Gasteiger partial charge in [-0.1, -0.05) is 41.4 Å². The highest BCUT2D eigenvalue weighted by Gasteiger charge is 2.42. The number of nitrogens with zero attached hydrogens (tertiary/aromatic N) is 1. The van der Waals surface area contributed by atoms with Crippen molar-refractivity contribution in [3.8, 4) is 11.5 Å². The molecule has 1 amide bonds. The zero-order valence-electron chi connectivity index (χ0n) is 19.0. The van der Waals surface area contributed by atoms with Crippen LogP contribution in [0.4, 0.5) is 0 Å². The topological polar surface area (TPSA) is 69.0 Å². The summed E-state index contributed by atoms with van der Waals surface area (Å²) in [7, 11) is 3.16. The van der Waals surface area contributed by atoms with Gasteiger partial charge in [-0.3, -0.25) is 9.59 Å². The summed E-state index contributed by atoms with van der Waals surface area (Å²) >= 11 is 12.2. The van der Waals surface area contributed by atoms with E-state index in [1.54, 1.807) is 49.5 Å². The third kappa shape index (κ3) is 4.13. The van der Waals surface area contributed by atoms with Crippen molar-refractivity contribution in [1.82, 2.24) is 4.90 Å². The number of hydrogen-bond donors (Lipinski definition) is 0. The zero-order valence-corrected chi connectivity index (χ0v) is 20.5. The second-order valence-corrected chi connectivity index (χ2v) is 9.08. The Morgan fingerprint density at radius 1 is 0.886 bits per heavy atom. The average Bonchev–Trinajstić information content (AvgIpc) is 3.15. The summed E-state index contributed by atoms with van der Waals surface area (Å²) < 4.78 is 16.7. The van der Waals surface area contributed by atoms with E-state index in [4.69, 9.17) is 37.1 Å². The van der Waals surface area contributed by atoms with Crippen LogP contribution in [0, 0.1) is 0 Å². The fraction of sp³-hybridized carbons (Fsp3) is 0.185. The normalized spacial score (nSPS) is 14.9. The van der Waals surface area contributed by atoms with E-state index in [1.165, 1.54) is 0 Å². The van der Waals surface area contributed by atoms with Gasteiger partial charge >= 0.3 is 0 Å². The third-order valence-electron chi connectivity index (χ3n) is 6.20. The summed E-state index contributed by atoms with van der Waals surface area (Å²) in [5.41, 5.74) is 2.08. The smallest absolute Gasteiger partial charge is 0.290 e. The highest BCUT2D eigenvalue weighted by Crippen LogP contribution is 2.39. The van der Waals surface area contributed by atoms with Crippen molar-refractivity contribution in [2.45, 2.75) is 12.5 Å². The van der Waals surface area contributed by atoms with Crippen LogP contribution in [-0.2, 0) is 6.42 Å². The second kappa shape index (κ2) is 9.29. The quantitative estimate of drug-likeness (QED) is 0.323. The van der Waals surface area contributed by atoms with E-state index < -0.39 is 6.04 Å². The van der Waals surface area contributed by atoms with E-state index in [-0.39, 0.29) is 17.1 Å². The van der Waals surface area contributed by atoms with Crippen molar-refractivity contribution in [1.29, 1.82) is 0 Å². The Labute approximate surface area is 211 Å². The van der Waals surface area contributed by atoms with Gasteiger partial charge in [0.25, 0.3) is 5.91 Å². The lowest BCUT2D eigenvalue weighted by molar-refractivity contribution is 0.0730. The molecular formula is C27H21Cl2NO5. The molecular weight excluding hydrogens is 489 g/mol. The molecule has 0 bridgehead atoms. The number of fused-ring (bicyclic) bond motifs is 2. The molecule has 1 unspecified atom stereocenters. The van der Waals surface area contributed by atoms with Crippen LogP contribution in [0.2, 0.25) is 10.0 Å². The van der Waals surface area contributed by atoms with Crippen LogP contribution in [0.3, 0.4) is 0 Å². The molecule has 0 aliphatic carbocycles. The average molecular weight is 510 g/mol. The minimum absolute atomic E-state index is 0.0529. The van der Waals surface area contributed by atoms with Gasteiger partial charge in [0.15, 0.2) is 16.9 Å². The molecule has 1 atom stereocenters. The van der Waals surface area contributed by atoms with E-state index >= 15 is 0 Å². The maximum absolute atomic E-state index is 13.6. The van der Waals surface area contributed by atoms with Gasteiger partial charge in [-0.05, 0) is 60.0 Å². The van der Waals surface area contributed by atoms with Crippen molar-refractivity contribution in [3.63, 3.8) is 0 Å². The molecule has 0 spiro atoms. The number of carbonyl (C=O) groups is 1. The Kier molecular flexibility index (Phi) is 6.17. The van der Waals surface area contributed by atoms with E-state index in [0.29, 0.717) is 51.0 Å². The molecule has 178 valence electrons. The van der Waals surface area contributed by atoms with Gasteiger partial charge in [-0.2, -0.15) is 0 Å². The standard InChI is InChI=1S/C27H21Cl2NO5/c1-33-21-9-3-15(13-22(21)34-2)11-12-30-24(16-4-6-17(28)7-5-16)23-25(31)19-14-18(29)8-10-20(19)35-26(23)27(30)32/h3-10,13-14,24H,11-12H2,1-2H3. The minimum Gasteiger partial charge on any atom is -0.493 e. The summed E-state index contributed by atoms with van der Waals surface area (Å²) in [4.78, 5) is 28.8. The summed E-state index contributed by atoms with van der Waals surface area (Å²) in [6, 6.07) is 16.9. The van der Waals surface area contributed by atoms with Crippen LogP contribution in [0.1, 0.15) is 33.3 Å². The Balaban J connectivity index is 1.58. The van der Waals surface area contributed by atoms with Gasteiger partial charge in [0, 0.05) is 16.6 Å². The van der Waals surface area contributed by atoms with Crippen molar-refractivity contribution in [3.05, 3.63) is 103 Å². The predicted octanol–water partition coefficient (Wildman–Crippen LogP) is 5.90. The van der Waals surface area contributed by atoms with E-state index in [1.807, 2.05) is 30.3 Å². The lowest BCUT2D eigenvalue weighted by Gasteiger charge is -2.25. The van der Waals surface area contributed by atoms with Crippen LogP contribution in [0.5, 0.6) is 11.5 Å². The van der Waals surface area contributed by atoms with Crippen LogP contribution in [0.25, 0.3) is 11.0 Å². The summed E-state index contributed by atoms with van der Waals surface area (Å²) in [5, 5.41) is 1.32. The molecule has 0 N–H and O–H groups in total. The van der Waals surface area contributed by atoms with Crippen LogP contribution in [-0.4, -0.2) is 31.6 Å². The highest BCUT2D eigenvalue weighted by molar-refractivity contribution is 6.31. The Bertz CT molecular complexity index is 1500. The Morgan fingerprint density at radius 2 is 1.60 bits per heavy atom. The molecule has 1 aliphatic heterocycles. The van der Waals surface area contributed by atoms with E-state index in [0.717, 1.165) is 11.1 Å².